The van der Waals surface area contributed by atoms with Gasteiger partial charge in [-0.15, -0.1) is 0 Å². The maximum absolute atomic E-state index is 10.5. The van der Waals surface area contributed by atoms with Gasteiger partial charge < -0.3 is 19.2 Å². The molecule has 1 aliphatic rings. The minimum absolute atomic E-state index is 0. The molecule has 0 N–H and O–H groups in total. The van der Waals surface area contributed by atoms with Gasteiger partial charge in [-0.25, -0.2) is 4.98 Å². The van der Waals surface area contributed by atoms with E-state index in [1.807, 2.05) is 0 Å². The number of imidazole rings is 1. The first-order valence-electron chi connectivity index (χ1n) is 3.62. The van der Waals surface area contributed by atoms with E-state index in [0.29, 0.717) is 19.0 Å². The fraction of sp³-hybridized carbons (Fsp3) is 0.429. The smallest absolute Gasteiger partial charge is 0.547 e. The SMILES string of the molecule is O=C([O-])C1OCCn2ccnc21.[Li+]. The molecule has 1 atom stereocenters. The summed E-state index contributed by atoms with van der Waals surface area (Å²) in [6.45, 7) is 1.04. The minimum Gasteiger partial charge on any atom is -0.547 e. The topological polar surface area (TPSA) is 67.2 Å². The second-order valence-electron chi connectivity index (χ2n) is 2.55. The molecule has 0 saturated carbocycles. The van der Waals surface area contributed by atoms with Crippen molar-refractivity contribution in [2.24, 2.45) is 0 Å². The molecule has 1 aromatic rings. The number of rotatable bonds is 1. The Morgan fingerprint density at radius 1 is 1.77 bits per heavy atom. The van der Waals surface area contributed by atoms with E-state index in [1.165, 1.54) is 0 Å². The molecule has 0 saturated heterocycles. The Morgan fingerprint density at radius 3 is 3.23 bits per heavy atom. The number of ether oxygens (including phenoxy) is 1. The molecule has 13 heavy (non-hydrogen) atoms. The summed E-state index contributed by atoms with van der Waals surface area (Å²) in [6, 6.07) is 0. The van der Waals surface area contributed by atoms with Gasteiger partial charge in [-0.2, -0.15) is 0 Å². The van der Waals surface area contributed by atoms with E-state index in [-0.39, 0.29) is 18.9 Å². The van der Waals surface area contributed by atoms with E-state index < -0.39 is 12.1 Å². The van der Waals surface area contributed by atoms with Crippen LogP contribution in [-0.4, -0.2) is 22.1 Å². The van der Waals surface area contributed by atoms with Crippen LogP contribution in [0.2, 0.25) is 0 Å². The van der Waals surface area contributed by atoms with Crippen molar-refractivity contribution in [2.75, 3.05) is 6.61 Å². The number of carbonyl (C=O) groups excluding carboxylic acids is 1. The summed E-state index contributed by atoms with van der Waals surface area (Å²) in [7, 11) is 0. The van der Waals surface area contributed by atoms with Crippen molar-refractivity contribution < 1.29 is 33.5 Å². The van der Waals surface area contributed by atoms with Gasteiger partial charge in [-0.3, -0.25) is 0 Å². The van der Waals surface area contributed by atoms with Crippen LogP contribution in [0.25, 0.3) is 0 Å². The summed E-state index contributed by atoms with van der Waals surface area (Å²) >= 11 is 0. The second kappa shape index (κ2) is 3.96. The van der Waals surface area contributed by atoms with Gasteiger partial charge in [0.2, 0.25) is 0 Å². The van der Waals surface area contributed by atoms with Gasteiger partial charge in [0.15, 0.2) is 6.10 Å². The zero-order chi connectivity index (χ0) is 8.55. The van der Waals surface area contributed by atoms with Gasteiger partial charge in [0, 0.05) is 18.9 Å². The zero-order valence-corrected chi connectivity index (χ0v) is 7.27. The molecule has 64 valence electrons. The maximum atomic E-state index is 10.5. The Labute approximate surface area is 86.9 Å². The van der Waals surface area contributed by atoms with Gasteiger partial charge >= 0.3 is 18.9 Å². The standard InChI is InChI=1S/C7H8N2O3.Li/c10-7(11)5-6-8-1-2-9(6)3-4-12-5;/h1-2,5H,3-4H2,(H,10,11);/q;+1/p-1. The molecule has 1 aromatic heterocycles. The van der Waals surface area contributed by atoms with Crippen molar-refractivity contribution in [3.05, 3.63) is 18.2 Å². The van der Waals surface area contributed by atoms with E-state index in [9.17, 15) is 9.90 Å². The van der Waals surface area contributed by atoms with Crippen LogP contribution in [0.5, 0.6) is 0 Å². The largest absolute Gasteiger partial charge is 1.00 e. The average molecular weight is 174 g/mol. The minimum atomic E-state index is -1.23. The van der Waals surface area contributed by atoms with E-state index in [1.54, 1.807) is 17.0 Å². The molecule has 1 unspecified atom stereocenters. The molecule has 0 spiro atoms. The summed E-state index contributed by atoms with van der Waals surface area (Å²) in [5.74, 6) is -0.816. The van der Waals surface area contributed by atoms with Crippen LogP contribution in [0.1, 0.15) is 11.9 Å². The Kier molecular flexibility index (Phi) is 3.15. The van der Waals surface area contributed by atoms with Crippen LogP contribution in [0, 0.1) is 0 Å². The van der Waals surface area contributed by atoms with E-state index in [2.05, 4.69) is 4.98 Å². The van der Waals surface area contributed by atoms with Crippen LogP contribution < -0.4 is 24.0 Å². The number of carbonyl (C=O) groups is 1. The molecule has 0 fully saturated rings. The van der Waals surface area contributed by atoms with Gasteiger partial charge in [0.25, 0.3) is 0 Å². The van der Waals surface area contributed by atoms with Crippen LogP contribution in [-0.2, 0) is 16.1 Å². The van der Waals surface area contributed by atoms with Gasteiger partial charge in [0.1, 0.15) is 5.82 Å². The molecular weight excluding hydrogens is 167 g/mol. The maximum Gasteiger partial charge on any atom is 1.00 e. The molecule has 2 heterocycles. The van der Waals surface area contributed by atoms with Crippen molar-refractivity contribution in [1.29, 1.82) is 0 Å². The summed E-state index contributed by atoms with van der Waals surface area (Å²) in [6.07, 6.45) is 2.28. The van der Waals surface area contributed by atoms with Crippen molar-refractivity contribution >= 4 is 5.97 Å². The number of fused-ring (bicyclic) bond motifs is 1. The Bertz CT molecular complexity index is 312. The number of carboxylic acid groups (broad SMARTS) is 1. The van der Waals surface area contributed by atoms with Crippen LogP contribution in [0.3, 0.4) is 0 Å². The third-order valence-corrected chi connectivity index (χ3v) is 1.81. The average Bonchev–Trinajstić information content (AvgIpc) is 2.49. The third kappa shape index (κ3) is 1.78. The number of aromatic nitrogens is 2. The predicted octanol–water partition coefficient (Wildman–Crippen LogP) is -4.29. The van der Waals surface area contributed by atoms with Crippen molar-refractivity contribution in [1.82, 2.24) is 9.55 Å². The van der Waals surface area contributed by atoms with Crippen LogP contribution in [0.15, 0.2) is 12.4 Å². The van der Waals surface area contributed by atoms with E-state index in [0.717, 1.165) is 0 Å². The molecule has 0 radical (unpaired) electrons. The first kappa shape index (κ1) is 10.3. The summed E-state index contributed by atoms with van der Waals surface area (Å²) in [4.78, 5) is 14.4. The van der Waals surface area contributed by atoms with Crippen LogP contribution >= 0.6 is 0 Å². The Hall–Kier alpha value is -0.763. The zero-order valence-electron chi connectivity index (χ0n) is 7.27. The van der Waals surface area contributed by atoms with Gasteiger partial charge in [-0.1, -0.05) is 0 Å². The molecule has 0 bridgehead atoms. The number of carboxylic acids is 1. The molecule has 1 aliphatic heterocycles. The Balaban J connectivity index is 0.000000845. The summed E-state index contributed by atoms with van der Waals surface area (Å²) in [5, 5.41) is 10.5. The van der Waals surface area contributed by atoms with Gasteiger partial charge in [0.05, 0.1) is 12.6 Å². The monoisotopic (exact) mass is 174 g/mol. The first-order chi connectivity index (χ1) is 5.79. The van der Waals surface area contributed by atoms with E-state index in [4.69, 9.17) is 4.74 Å². The fourth-order valence-electron chi connectivity index (χ4n) is 1.26. The van der Waals surface area contributed by atoms with Crippen molar-refractivity contribution in [2.45, 2.75) is 12.6 Å². The molecule has 0 aliphatic carbocycles. The Morgan fingerprint density at radius 2 is 2.54 bits per heavy atom. The van der Waals surface area contributed by atoms with E-state index >= 15 is 0 Å². The summed E-state index contributed by atoms with van der Waals surface area (Å²) in [5.41, 5.74) is 0. The molecule has 5 nitrogen and oxygen atoms in total. The predicted molar refractivity (Wildman–Crippen MR) is 35.9 cm³/mol. The molecule has 0 aromatic carbocycles. The fourth-order valence-corrected chi connectivity index (χ4v) is 1.26. The third-order valence-electron chi connectivity index (χ3n) is 1.81. The number of hydrogen-bond acceptors (Lipinski definition) is 4. The quantitative estimate of drug-likeness (QED) is 0.404. The van der Waals surface area contributed by atoms with Crippen molar-refractivity contribution in [3.63, 3.8) is 0 Å². The van der Waals surface area contributed by atoms with Crippen molar-refractivity contribution in [3.8, 4) is 0 Å². The molecular formula is C7H7LiN2O3. The number of nitrogens with zero attached hydrogens (tertiary/aromatic N) is 2. The molecule has 0 amide bonds. The number of hydrogen-bond donors (Lipinski definition) is 0. The second-order valence-corrected chi connectivity index (χ2v) is 2.55. The van der Waals surface area contributed by atoms with Crippen LogP contribution in [0.4, 0.5) is 0 Å². The normalized spacial score (nSPS) is 20.2. The number of aliphatic carboxylic acids is 1. The summed E-state index contributed by atoms with van der Waals surface area (Å²) < 4.78 is 6.73. The van der Waals surface area contributed by atoms with Gasteiger partial charge in [-0.05, 0) is 0 Å². The molecule has 2 rings (SSSR count). The first-order valence-corrected chi connectivity index (χ1v) is 3.62. The molecule has 6 heteroatoms.